The summed E-state index contributed by atoms with van der Waals surface area (Å²) in [5.41, 5.74) is 2.52. The van der Waals surface area contributed by atoms with E-state index in [1.54, 1.807) is 31.1 Å². The van der Waals surface area contributed by atoms with E-state index in [-0.39, 0.29) is 17.4 Å². The van der Waals surface area contributed by atoms with E-state index in [4.69, 9.17) is 4.74 Å². The van der Waals surface area contributed by atoms with E-state index in [0.29, 0.717) is 6.61 Å². The van der Waals surface area contributed by atoms with Crippen LogP contribution in [0, 0.1) is 0 Å². The van der Waals surface area contributed by atoms with Crippen LogP contribution in [0.3, 0.4) is 0 Å². The van der Waals surface area contributed by atoms with Gasteiger partial charge < -0.3 is 15.0 Å². The number of carbonyl (C=O) groups is 1. The first kappa shape index (κ1) is 14.0. The molecular formula is C15H17N3O2S. The summed E-state index contributed by atoms with van der Waals surface area (Å²) < 4.78 is 5.00. The van der Waals surface area contributed by atoms with E-state index in [2.05, 4.69) is 27.4 Å². The Morgan fingerprint density at radius 2 is 2.38 bits per heavy atom. The van der Waals surface area contributed by atoms with E-state index in [1.807, 2.05) is 12.1 Å². The number of amides is 1. The molecule has 1 aliphatic rings. The number of H-pyrrole nitrogens is 1. The van der Waals surface area contributed by atoms with Gasteiger partial charge in [-0.25, -0.2) is 9.78 Å². The predicted octanol–water partition coefficient (Wildman–Crippen LogP) is 2.91. The lowest BCUT2D eigenvalue weighted by atomic mass is 10.1. The number of benzene rings is 1. The predicted molar refractivity (Wildman–Crippen MR) is 81.3 cm³/mol. The van der Waals surface area contributed by atoms with Gasteiger partial charge in [0.25, 0.3) is 0 Å². The number of aromatic nitrogens is 2. The average Bonchev–Trinajstić information content (AvgIpc) is 3.09. The zero-order valence-corrected chi connectivity index (χ0v) is 12.5. The molecule has 1 amide bonds. The molecule has 1 heterocycles. The normalized spacial score (nSPS) is 20.0. The number of hydrogen-bond donors (Lipinski definition) is 2. The molecule has 2 unspecified atom stereocenters. The van der Waals surface area contributed by atoms with Crippen molar-refractivity contribution in [1.82, 2.24) is 15.3 Å². The topological polar surface area (TPSA) is 67.0 Å². The van der Waals surface area contributed by atoms with Crippen molar-refractivity contribution in [2.24, 2.45) is 0 Å². The minimum Gasteiger partial charge on any atom is -0.450 e. The third kappa shape index (κ3) is 3.05. The first-order chi connectivity index (χ1) is 10.3. The summed E-state index contributed by atoms with van der Waals surface area (Å²) in [6.45, 7) is 2.18. The molecule has 0 fully saturated rings. The number of rotatable bonds is 4. The van der Waals surface area contributed by atoms with Crippen molar-refractivity contribution in [3.63, 3.8) is 0 Å². The first-order valence-corrected chi connectivity index (χ1v) is 7.83. The zero-order chi connectivity index (χ0) is 14.7. The van der Waals surface area contributed by atoms with Gasteiger partial charge in [-0.2, -0.15) is 0 Å². The number of ether oxygens (including phenoxy) is 1. The lowest BCUT2D eigenvalue weighted by Gasteiger charge is -2.20. The highest BCUT2D eigenvalue weighted by atomic mass is 32.2. The molecule has 21 heavy (non-hydrogen) atoms. The van der Waals surface area contributed by atoms with E-state index in [0.717, 1.165) is 11.6 Å². The van der Waals surface area contributed by atoms with Crippen molar-refractivity contribution < 1.29 is 9.53 Å². The van der Waals surface area contributed by atoms with Crippen LogP contribution < -0.4 is 5.32 Å². The maximum atomic E-state index is 11.7. The molecule has 6 heteroatoms. The molecule has 0 radical (unpaired) electrons. The summed E-state index contributed by atoms with van der Waals surface area (Å²) in [6.07, 6.45) is 3.99. The van der Waals surface area contributed by atoms with Crippen molar-refractivity contribution in [1.29, 1.82) is 0 Å². The molecule has 0 saturated heterocycles. The van der Waals surface area contributed by atoms with Gasteiger partial charge in [-0.3, -0.25) is 0 Å². The fourth-order valence-electron chi connectivity index (χ4n) is 2.59. The summed E-state index contributed by atoms with van der Waals surface area (Å²) in [5.74, 6) is 0. The maximum absolute atomic E-state index is 11.7. The fourth-order valence-corrected chi connectivity index (χ4v) is 3.77. The van der Waals surface area contributed by atoms with E-state index < -0.39 is 0 Å². The molecule has 1 aromatic carbocycles. The number of thioether (sulfide) groups is 1. The van der Waals surface area contributed by atoms with Gasteiger partial charge in [0, 0.05) is 12.4 Å². The molecule has 0 saturated carbocycles. The molecule has 110 valence electrons. The molecule has 0 bridgehead atoms. The Bertz CT molecular complexity index is 615. The smallest absolute Gasteiger partial charge is 0.407 e. The lowest BCUT2D eigenvalue weighted by Crippen LogP contribution is -2.37. The fraction of sp³-hybridized carbons (Fsp3) is 0.333. The monoisotopic (exact) mass is 303 g/mol. The number of nitrogens with zero attached hydrogens (tertiary/aromatic N) is 1. The molecule has 1 aromatic heterocycles. The highest BCUT2D eigenvalue weighted by molar-refractivity contribution is 7.99. The summed E-state index contributed by atoms with van der Waals surface area (Å²) in [5, 5.41) is 3.96. The standard InChI is InChI=1S/C15H17N3O2S/c1-2-20-15(19)18-12-9-10-5-3-4-6-11(10)13(12)21-14-16-7-8-17-14/h3-8,12-13H,2,9H2,1H3,(H,16,17)(H,18,19). The van der Waals surface area contributed by atoms with Crippen LogP contribution in [0.25, 0.3) is 0 Å². The molecule has 2 aromatic rings. The summed E-state index contributed by atoms with van der Waals surface area (Å²) >= 11 is 1.63. The minimum atomic E-state index is -0.361. The Morgan fingerprint density at radius 1 is 1.52 bits per heavy atom. The third-order valence-electron chi connectivity index (χ3n) is 3.46. The number of fused-ring (bicyclic) bond motifs is 1. The second kappa shape index (κ2) is 6.22. The molecule has 5 nitrogen and oxygen atoms in total. The molecule has 0 aliphatic heterocycles. The van der Waals surface area contributed by atoms with Gasteiger partial charge in [-0.1, -0.05) is 36.0 Å². The Labute approximate surface area is 127 Å². The highest BCUT2D eigenvalue weighted by Gasteiger charge is 2.34. The Balaban J connectivity index is 1.81. The van der Waals surface area contributed by atoms with E-state index >= 15 is 0 Å². The van der Waals surface area contributed by atoms with Crippen molar-refractivity contribution in [3.8, 4) is 0 Å². The van der Waals surface area contributed by atoms with Gasteiger partial charge in [-0.05, 0) is 24.5 Å². The quantitative estimate of drug-likeness (QED) is 0.911. The molecule has 2 atom stereocenters. The van der Waals surface area contributed by atoms with E-state index in [9.17, 15) is 4.79 Å². The van der Waals surface area contributed by atoms with Crippen LogP contribution in [0.5, 0.6) is 0 Å². The minimum absolute atomic E-state index is 0.0107. The number of carbonyl (C=O) groups excluding carboxylic acids is 1. The van der Waals surface area contributed by atoms with Crippen LogP contribution >= 0.6 is 11.8 Å². The van der Waals surface area contributed by atoms with Gasteiger partial charge in [0.2, 0.25) is 0 Å². The van der Waals surface area contributed by atoms with Crippen LogP contribution in [0.15, 0.2) is 41.8 Å². The number of aromatic amines is 1. The van der Waals surface area contributed by atoms with Crippen LogP contribution in [-0.2, 0) is 11.2 Å². The Hall–Kier alpha value is -1.95. The Morgan fingerprint density at radius 3 is 3.14 bits per heavy atom. The van der Waals surface area contributed by atoms with Gasteiger partial charge in [0.05, 0.1) is 17.9 Å². The van der Waals surface area contributed by atoms with Crippen molar-refractivity contribution in [2.75, 3.05) is 6.61 Å². The average molecular weight is 303 g/mol. The molecular weight excluding hydrogens is 286 g/mol. The van der Waals surface area contributed by atoms with Crippen LogP contribution in [0.2, 0.25) is 0 Å². The number of imidazole rings is 1. The summed E-state index contributed by atoms with van der Waals surface area (Å²) in [4.78, 5) is 19.1. The number of nitrogens with one attached hydrogen (secondary N) is 2. The van der Waals surface area contributed by atoms with Gasteiger partial charge in [0.15, 0.2) is 5.16 Å². The Kier molecular flexibility index (Phi) is 4.15. The van der Waals surface area contributed by atoms with Crippen LogP contribution in [0.4, 0.5) is 4.79 Å². The molecule has 2 N–H and O–H groups in total. The molecule has 0 spiro atoms. The van der Waals surface area contributed by atoms with Gasteiger partial charge >= 0.3 is 6.09 Å². The van der Waals surface area contributed by atoms with Crippen molar-refractivity contribution in [2.45, 2.75) is 29.8 Å². The second-order valence-corrected chi connectivity index (χ2v) is 5.94. The maximum Gasteiger partial charge on any atom is 0.407 e. The first-order valence-electron chi connectivity index (χ1n) is 6.95. The third-order valence-corrected chi connectivity index (χ3v) is 4.74. The zero-order valence-electron chi connectivity index (χ0n) is 11.7. The van der Waals surface area contributed by atoms with Crippen LogP contribution in [-0.4, -0.2) is 28.7 Å². The number of alkyl carbamates (subject to hydrolysis) is 1. The van der Waals surface area contributed by atoms with Crippen molar-refractivity contribution in [3.05, 3.63) is 47.8 Å². The van der Waals surface area contributed by atoms with Gasteiger partial charge in [-0.15, -0.1) is 0 Å². The van der Waals surface area contributed by atoms with E-state index in [1.165, 1.54) is 11.1 Å². The number of hydrogen-bond acceptors (Lipinski definition) is 4. The van der Waals surface area contributed by atoms with Gasteiger partial charge in [0.1, 0.15) is 0 Å². The SMILES string of the molecule is CCOC(=O)NC1Cc2ccccc2C1Sc1ncc[nH]1. The molecule has 1 aliphatic carbocycles. The molecule has 3 rings (SSSR count). The summed E-state index contributed by atoms with van der Waals surface area (Å²) in [7, 11) is 0. The lowest BCUT2D eigenvalue weighted by molar-refractivity contribution is 0.148. The second-order valence-electron chi connectivity index (χ2n) is 4.81. The largest absolute Gasteiger partial charge is 0.450 e. The van der Waals surface area contributed by atoms with Crippen molar-refractivity contribution >= 4 is 17.9 Å². The summed E-state index contributed by atoms with van der Waals surface area (Å²) in [6, 6.07) is 8.29. The van der Waals surface area contributed by atoms with Crippen LogP contribution in [0.1, 0.15) is 23.3 Å². The highest BCUT2D eigenvalue weighted by Crippen LogP contribution is 2.43.